The van der Waals surface area contributed by atoms with Gasteiger partial charge in [0.25, 0.3) is 0 Å². The van der Waals surface area contributed by atoms with Crippen LogP contribution in [0.5, 0.6) is 0 Å². The van der Waals surface area contributed by atoms with Crippen LogP contribution in [-0.4, -0.2) is 217 Å². The molecule has 2 aromatic carbocycles. The van der Waals surface area contributed by atoms with Crippen LogP contribution in [0.4, 0.5) is 24.5 Å². The third-order valence-electron chi connectivity index (χ3n) is 14.1. The zero-order valence-corrected chi connectivity index (χ0v) is 59.0. The van der Waals surface area contributed by atoms with Gasteiger partial charge in [-0.1, -0.05) is 12.2 Å². The molecule has 5 rings (SSSR count). The number of likely N-dealkylation sites (N-methyl/N-ethyl adjacent to an activating group) is 2. The molecule has 3 heterocycles. The van der Waals surface area contributed by atoms with E-state index in [2.05, 4.69) is 18.5 Å². The Morgan fingerprint density at radius 2 is 0.820 bits per heavy atom. The van der Waals surface area contributed by atoms with Gasteiger partial charge in [0, 0.05) is 191 Å². The molecule has 0 unspecified atom stereocenters. The highest BCUT2D eigenvalue weighted by molar-refractivity contribution is 5.92. The van der Waals surface area contributed by atoms with Crippen molar-refractivity contribution in [3.05, 3.63) is 72.1 Å². The van der Waals surface area contributed by atoms with Gasteiger partial charge in [0.2, 0.25) is 53.2 Å². The van der Waals surface area contributed by atoms with Crippen LogP contribution in [0.2, 0.25) is 0 Å². The predicted octanol–water partition coefficient (Wildman–Crippen LogP) is 10.4. The molecular weight excluding hydrogens is 1150 g/mol. The number of halogens is 3. The molecule has 2 aromatic rings. The zero-order valence-electron chi connectivity index (χ0n) is 59.0. The summed E-state index contributed by atoms with van der Waals surface area (Å²) in [6.45, 7) is 50.6. The van der Waals surface area contributed by atoms with Gasteiger partial charge in [-0.2, -0.15) is 0 Å². The standard InChI is InChI=1S/C11H13F2NO.C11H14FNO.C8H15NO.C7H14N2O.C7H13NO.C6H11NO.2C6H13NO.C5H11NO/c1-7(2)14(8(3)15)11-5-4-9(12)6-10(11)13;1-8(2)13(9(3)14)11-6-4-10(12)5-7-11;1-5-9(8(4)10)6-7(2)3;1-7(10)9-5-3-8(2)4-6-9;1-7(9)8-5-3-2-4-6-8;1-6(8)7-4-2-3-5-7;1-5(2)7(4)6(3)8;1-4-7(5-2)6(3)8;1-4-6(3)5(2)7/h4-7H,1-3H3;4-8H,1-3H3;2,5-6H2,1,3-4H3;3-6H2,1-2H3;2-6H2,1H3;2-5H2,1H3;5H,1-4H3;4-5H2,1-3H3;4H2,1-3H3. The molecule has 0 spiro atoms. The van der Waals surface area contributed by atoms with E-state index in [-0.39, 0.29) is 76.8 Å². The van der Waals surface area contributed by atoms with Crippen molar-refractivity contribution >= 4 is 64.5 Å². The fourth-order valence-corrected chi connectivity index (χ4v) is 8.32. The molecule has 19 nitrogen and oxygen atoms in total. The molecule has 3 aliphatic rings. The molecule has 89 heavy (non-hydrogen) atoms. The number of hydrogen-bond donors (Lipinski definition) is 0. The number of piperazine rings is 1. The second-order valence-electron chi connectivity index (χ2n) is 22.6. The lowest BCUT2D eigenvalue weighted by molar-refractivity contribution is -0.131. The fourth-order valence-electron chi connectivity index (χ4n) is 8.32. The minimum atomic E-state index is -0.723. The maximum absolute atomic E-state index is 13.4. The Morgan fingerprint density at radius 1 is 0.449 bits per heavy atom. The summed E-state index contributed by atoms with van der Waals surface area (Å²) in [6, 6.07) is 9.35. The second kappa shape index (κ2) is 50.0. The summed E-state index contributed by atoms with van der Waals surface area (Å²) in [5.74, 6) is -0.779. The van der Waals surface area contributed by atoms with E-state index in [0.717, 1.165) is 102 Å². The van der Waals surface area contributed by atoms with Crippen LogP contribution in [0, 0.1) is 17.5 Å². The molecule has 0 bridgehead atoms. The van der Waals surface area contributed by atoms with E-state index >= 15 is 0 Å². The smallest absolute Gasteiger partial charge is 0.224 e. The minimum absolute atomic E-state index is 0.0355. The van der Waals surface area contributed by atoms with Gasteiger partial charge in [0.1, 0.15) is 17.5 Å². The van der Waals surface area contributed by atoms with E-state index in [9.17, 15) is 56.3 Å². The van der Waals surface area contributed by atoms with Crippen molar-refractivity contribution in [2.24, 2.45) is 0 Å². The Morgan fingerprint density at radius 3 is 1.04 bits per heavy atom. The summed E-state index contributed by atoms with van der Waals surface area (Å²) in [4.78, 5) is 115. The van der Waals surface area contributed by atoms with Crippen LogP contribution < -0.4 is 9.80 Å². The van der Waals surface area contributed by atoms with Crippen molar-refractivity contribution in [2.45, 2.75) is 189 Å². The molecule has 3 saturated heterocycles. The van der Waals surface area contributed by atoms with Crippen LogP contribution in [0.3, 0.4) is 0 Å². The van der Waals surface area contributed by atoms with Crippen LogP contribution in [-0.2, 0) is 43.2 Å². The third-order valence-corrected chi connectivity index (χ3v) is 14.1. The number of nitrogens with zero attached hydrogens (tertiary/aromatic N) is 10. The van der Waals surface area contributed by atoms with E-state index in [4.69, 9.17) is 0 Å². The molecule has 0 saturated carbocycles. The summed E-state index contributed by atoms with van der Waals surface area (Å²) in [7, 11) is 5.66. The first-order valence-corrected chi connectivity index (χ1v) is 31.1. The fraction of sp³-hybridized carbons (Fsp3) is 0.657. The summed E-state index contributed by atoms with van der Waals surface area (Å²) in [5.41, 5.74) is 1.87. The molecule has 9 amide bonds. The topological polar surface area (TPSA) is 186 Å². The van der Waals surface area contributed by atoms with Crippen molar-refractivity contribution in [3.63, 3.8) is 0 Å². The lowest BCUT2D eigenvalue weighted by Crippen LogP contribution is -2.46. The van der Waals surface area contributed by atoms with Gasteiger partial charge in [-0.25, -0.2) is 13.2 Å². The van der Waals surface area contributed by atoms with Crippen molar-refractivity contribution < 1.29 is 56.3 Å². The predicted molar refractivity (Wildman–Crippen MR) is 356 cm³/mol. The number of hydrogen-bond acceptors (Lipinski definition) is 10. The maximum atomic E-state index is 13.4. The Bertz CT molecular complexity index is 2360. The van der Waals surface area contributed by atoms with Crippen molar-refractivity contribution in [2.75, 3.05) is 116 Å². The number of likely N-dealkylation sites (tertiary alicyclic amines) is 2. The van der Waals surface area contributed by atoms with E-state index in [0.29, 0.717) is 12.6 Å². The Hall–Kier alpha value is -6.84. The summed E-state index contributed by atoms with van der Waals surface area (Å²) >= 11 is 0. The maximum Gasteiger partial charge on any atom is 0.224 e. The zero-order chi connectivity index (χ0) is 69.8. The molecule has 0 N–H and O–H groups in total. The van der Waals surface area contributed by atoms with Gasteiger partial charge in [-0.15, -0.1) is 0 Å². The van der Waals surface area contributed by atoms with E-state index in [1.807, 2.05) is 77.0 Å². The normalized spacial score (nSPS) is 12.9. The molecule has 0 radical (unpaired) electrons. The molecule has 0 aromatic heterocycles. The quantitative estimate of drug-likeness (QED) is 0.196. The Labute approximate surface area is 534 Å². The van der Waals surface area contributed by atoms with Crippen molar-refractivity contribution in [1.29, 1.82) is 0 Å². The lowest BCUT2D eigenvalue weighted by atomic mass is 10.1. The number of amides is 9. The number of rotatable bonds is 11. The van der Waals surface area contributed by atoms with Gasteiger partial charge in [-0.3, -0.25) is 43.2 Å². The van der Waals surface area contributed by atoms with Gasteiger partial charge >= 0.3 is 0 Å². The number of anilines is 2. The van der Waals surface area contributed by atoms with Crippen LogP contribution in [0.1, 0.15) is 171 Å². The first-order valence-electron chi connectivity index (χ1n) is 31.1. The number of carbonyl (C=O) groups is 9. The Kier molecular flexibility index (Phi) is 49.7. The molecule has 3 aliphatic heterocycles. The molecule has 22 heteroatoms. The monoisotopic (exact) mass is 1260 g/mol. The van der Waals surface area contributed by atoms with Gasteiger partial charge in [0.05, 0.1) is 5.69 Å². The van der Waals surface area contributed by atoms with E-state index in [1.54, 1.807) is 113 Å². The van der Waals surface area contributed by atoms with Gasteiger partial charge < -0.3 is 49.0 Å². The summed E-state index contributed by atoms with van der Waals surface area (Å²) < 4.78 is 38.7. The molecular formula is C67H117F3N10O9. The van der Waals surface area contributed by atoms with Gasteiger partial charge in [0.15, 0.2) is 0 Å². The van der Waals surface area contributed by atoms with Gasteiger partial charge in [-0.05, 0) is 152 Å². The highest BCUT2D eigenvalue weighted by Gasteiger charge is 2.20. The molecule has 0 aliphatic carbocycles. The van der Waals surface area contributed by atoms with E-state index < -0.39 is 11.6 Å². The minimum Gasteiger partial charge on any atom is -0.346 e. The third kappa shape index (κ3) is 42.7. The van der Waals surface area contributed by atoms with Crippen molar-refractivity contribution in [3.8, 4) is 0 Å². The highest BCUT2D eigenvalue weighted by atomic mass is 19.1. The summed E-state index contributed by atoms with van der Waals surface area (Å²) in [5, 5.41) is 0. The average molecular weight is 1260 g/mol. The van der Waals surface area contributed by atoms with Crippen LogP contribution >= 0.6 is 0 Å². The van der Waals surface area contributed by atoms with Crippen molar-refractivity contribution in [1.82, 2.24) is 39.2 Å². The van der Waals surface area contributed by atoms with Crippen LogP contribution in [0.25, 0.3) is 0 Å². The largest absolute Gasteiger partial charge is 0.346 e. The number of benzene rings is 2. The number of carbonyl (C=O) groups excluding carboxylic acids is 9. The first-order chi connectivity index (χ1) is 41.3. The SMILES string of the molecule is C=C(C)CN(CC)C(C)=O.CC(=O)N(C)C(C)C.CC(=O)N(c1ccc(F)cc1)C(C)C.CC(=O)N(c1ccc(F)cc1F)C(C)C.CC(=O)N1CCCC1.CC(=O)N1CCCCC1.CC(=O)N1CCN(C)CC1.CCN(C)C(C)=O.CCN(CC)C(C)=O. The highest BCUT2D eigenvalue weighted by Crippen LogP contribution is 2.22. The number of piperidine rings is 1. The molecule has 3 fully saturated rings. The summed E-state index contributed by atoms with van der Waals surface area (Å²) in [6.07, 6.45) is 6.07. The average Bonchev–Trinajstić information content (AvgIpc) is 3.32. The van der Waals surface area contributed by atoms with Crippen LogP contribution in [0.15, 0.2) is 54.6 Å². The Balaban J connectivity index is -0.000000462. The molecule has 0 atom stereocenters. The van der Waals surface area contributed by atoms with E-state index in [1.165, 1.54) is 69.1 Å². The second-order valence-corrected chi connectivity index (χ2v) is 22.6. The lowest BCUT2D eigenvalue weighted by Gasteiger charge is -2.31. The molecule has 510 valence electrons. The first kappa shape index (κ1) is 88.6.